The summed E-state index contributed by atoms with van der Waals surface area (Å²) in [6, 6.07) is 9.02. The lowest BCUT2D eigenvalue weighted by molar-refractivity contribution is -0.137. The number of carbonyl (C=O) groups is 2. The van der Waals surface area contributed by atoms with Crippen molar-refractivity contribution in [2.24, 2.45) is 0 Å². The number of halogens is 4. The van der Waals surface area contributed by atoms with Gasteiger partial charge < -0.3 is 10.2 Å². The predicted octanol–water partition coefficient (Wildman–Crippen LogP) is 4.66. The van der Waals surface area contributed by atoms with Gasteiger partial charge in [-0.2, -0.15) is 13.2 Å². The minimum atomic E-state index is -4.47. The molecule has 0 saturated carbocycles. The maximum absolute atomic E-state index is 12.6. The van der Waals surface area contributed by atoms with E-state index in [1.54, 1.807) is 25.1 Å². The van der Waals surface area contributed by atoms with Crippen molar-refractivity contribution < 1.29 is 22.8 Å². The molecule has 0 aliphatic heterocycles. The maximum atomic E-state index is 12.6. The van der Waals surface area contributed by atoms with Gasteiger partial charge in [-0.3, -0.25) is 9.59 Å². The summed E-state index contributed by atoms with van der Waals surface area (Å²) in [7, 11) is 0. The van der Waals surface area contributed by atoms with Gasteiger partial charge in [0.25, 0.3) is 0 Å². The van der Waals surface area contributed by atoms with Crippen LogP contribution in [0.1, 0.15) is 18.1 Å². The molecule has 2 rings (SSSR count). The molecule has 2 aromatic rings. The van der Waals surface area contributed by atoms with Crippen LogP contribution in [0.2, 0.25) is 5.02 Å². The number of aryl methyl sites for hydroxylation is 1. The van der Waals surface area contributed by atoms with E-state index >= 15 is 0 Å². The molecule has 0 spiro atoms. The fraction of sp³-hybridized carbons (Fsp3) is 0.222. The molecule has 0 atom stereocenters. The number of hydrogen-bond acceptors (Lipinski definition) is 2. The molecule has 0 aliphatic carbocycles. The quantitative estimate of drug-likeness (QED) is 0.833. The highest BCUT2D eigenvalue weighted by Gasteiger charge is 2.30. The average molecular weight is 385 g/mol. The number of nitrogens with one attached hydrogen (secondary N) is 1. The van der Waals surface area contributed by atoms with Crippen molar-refractivity contribution in [1.29, 1.82) is 0 Å². The molecule has 2 amide bonds. The van der Waals surface area contributed by atoms with E-state index in [1.165, 1.54) is 6.92 Å². The summed E-state index contributed by atoms with van der Waals surface area (Å²) in [6.07, 6.45) is -4.47. The average Bonchev–Trinajstić information content (AvgIpc) is 2.55. The van der Waals surface area contributed by atoms with Crippen molar-refractivity contribution >= 4 is 34.8 Å². The van der Waals surface area contributed by atoms with Crippen LogP contribution < -0.4 is 10.2 Å². The largest absolute Gasteiger partial charge is 0.416 e. The lowest BCUT2D eigenvalue weighted by atomic mass is 10.2. The van der Waals surface area contributed by atoms with Crippen LogP contribution in [-0.2, 0) is 15.8 Å². The Bertz CT molecular complexity index is 820. The number of benzene rings is 2. The monoisotopic (exact) mass is 384 g/mol. The summed E-state index contributed by atoms with van der Waals surface area (Å²) in [5.74, 6) is -0.965. The Kier molecular flexibility index (Phi) is 5.92. The van der Waals surface area contributed by atoms with Crippen molar-refractivity contribution in [3.8, 4) is 0 Å². The first kappa shape index (κ1) is 19.8. The second kappa shape index (κ2) is 7.78. The first-order valence-electron chi connectivity index (χ1n) is 7.59. The Labute approximate surface area is 153 Å². The second-order valence-electron chi connectivity index (χ2n) is 5.66. The van der Waals surface area contributed by atoms with Gasteiger partial charge in [-0.15, -0.1) is 0 Å². The third-order valence-corrected chi connectivity index (χ3v) is 3.90. The highest BCUT2D eigenvalue weighted by molar-refractivity contribution is 6.31. The Hall–Kier alpha value is -2.54. The molecular weight excluding hydrogens is 369 g/mol. The van der Waals surface area contributed by atoms with Crippen molar-refractivity contribution in [1.82, 2.24) is 0 Å². The SMILES string of the molecule is CC(=O)N(CC(=O)Nc1cc(Cl)ccc1C)c1ccc(C(F)(F)F)cc1. The fourth-order valence-electron chi connectivity index (χ4n) is 2.28. The molecule has 0 radical (unpaired) electrons. The zero-order valence-electron chi connectivity index (χ0n) is 14.0. The zero-order valence-corrected chi connectivity index (χ0v) is 14.8. The van der Waals surface area contributed by atoms with Crippen LogP contribution >= 0.6 is 11.6 Å². The topological polar surface area (TPSA) is 49.4 Å². The molecule has 0 aromatic heterocycles. The molecular formula is C18H16ClF3N2O2. The van der Waals surface area contributed by atoms with E-state index in [0.29, 0.717) is 10.7 Å². The van der Waals surface area contributed by atoms with Gasteiger partial charge in [0.1, 0.15) is 6.54 Å². The summed E-state index contributed by atoms with van der Waals surface area (Å²) in [5.41, 5.74) is 0.650. The van der Waals surface area contributed by atoms with E-state index in [1.807, 2.05) is 0 Å². The van der Waals surface area contributed by atoms with E-state index in [0.717, 1.165) is 34.7 Å². The lowest BCUT2D eigenvalue weighted by Gasteiger charge is -2.21. The third-order valence-electron chi connectivity index (χ3n) is 3.66. The zero-order chi connectivity index (χ0) is 19.5. The number of alkyl halides is 3. The predicted molar refractivity (Wildman–Crippen MR) is 94.3 cm³/mol. The number of nitrogens with zero attached hydrogens (tertiary/aromatic N) is 1. The van der Waals surface area contributed by atoms with Gasteiger partial charge >= 0.3 is 6.18 Å². The van der Waals surface area contributed by atoms with Crippen LogP contribution in [0.5, 0.6) is 0 Å². The third kappa shape index (κ3) is 4.98. The summed E-state index contributed by atoms with van der Waals surface area (Å²) in [4.78, 5) is 25.2. The van der Waals surface area contributed by atoms with E-state index < -0.39 is 23.6 Å². The minimum Gasteiger partial charge on any atom is -0.324 e. The molecule has 0 saturated heterocycles. The number of carbonyl (C=O) groups excluding carboxylic acids is 2. The summed E-state index contributed by atoms with van der Waals surface area (Å²) < 4.78 is 37.9. The highest BCUT2D eigenvalue weighted by Crippen LogP contribution is 2.30. The van der Waals surface area contributed by atoms with Gasteiger partial charge in [-0.1, -0.05) is 17.7 Å². The van der Waals surface area contributed by atoms with E-state index in [2.05, 4.69) is 5.32 Å². The van der Waals surface area contributed by atoms with Crippen molar-refractivity contribution in [3.63, 3.8) is 0 Å². The number of amides is 2. The van der Waals surface area contributed by atoms with Gasteiger partial charge in [0.05, 0.1) is 5.56 Å². The molecule has 8 heteroatoms. The molecule has 26 heavy (non-hydrogen) atoms. The van der Waals surface area contributed by atoms with Crippen LogP contribution in [0.25, 0.3) is 0 Å². The fourth-order valence-corrected chi connectivity index (χ4v) is 2.45. The lowest BCUT2D eigenvalue weighted by Crippen LogP contribution is -2.36. The molecule has 0 fully saturated rings. The number of hydrogen-bond donors (Lipinski definition) is 1. The van der Waals surface area contributed by atoms with Crippen LogP contribution in [0.3, 0.4) is 0 Å². The number of rotatable bonds is 4. The molecule has 0 heterocycles. The van der Waals surface area contributed by atoms with E-state index in [4.69, 9.17) is 11.6 Å². The van der Waals surface area contributed by atoms with E-state index in [-0.39, 0.29) is 12.2 Å². The summed E-state index contributed by atoms with van der Waals surface area (Å²) >= 11 is 5.90. The standard InChI is InChI=1S/C18H16ClF3N2O2/c1-11-3-6-14(19)9-16(11)23-17(26)10-24(12(2)25)15-7-4-13(5-8-15)18(20,21)22/h3-9H,10H2,1-2H3,(H,23,26). The Morgan fingerprint density at radius 1 is 1.12 bits per heavy atom. The van der Waals surface area contributed by atoms with Crippen molar-refractivity contribution in [2.45, 2.75) is 20.0 Å². The molecule has 4 nitrogen and oxygen atoms in total. The van der Waals surface area contributed by atoms with Gasteiger partial charge in [0.15, 0.2) is 0 Å². The summed E-state index contributed by atoms with van der Waals surface area (Å²) in [5, 5.41) is 3.09. The molecule has 0 bridgehead atoms. The molecule has 1 N–H and O–H groups in total. The first-order valence-corrected chi connectivity index (χ1v) is 7.97. The smallest absolute Gasteiger partial charge is 0.324 e. The second-order valence-corrected chi connectivity index (χ2v) is 6.09. The molecule has 0 aliphatic rings. The van der Waals surface area contributed by atoms with Gasteiger partial charge in [-0.05, 0) is 48.9 Å². The van der Waals surface area contributed by atoms with Gasteiger partial charge in [0.2, 0.25) is 11.8 Å². The number of anilines is 2. The first-order chi connectivity index (χ1) is 12.1. The van der Waals surface area contributed by atoms with Crippen LogP contribution in [0.4, 0.5) is 24.5 Å². The van der Waals surface area contributed by atoms with Crippen LogP contribution in [-0.4, -0.2) is 18.4 Å². The maximum Gasteiger partial charge on any atom is 0.416 e. The molecule has 0 unspecified atom stereocenters. The van der Waals surface area contributed by atoms with Gasteiger partial charge in [0, 0.05) is 23.3 Å². The van der Waals surface area contributed by atoms with Crippen molar-refractivity contribution in [3.05, 3.63) is 58.6 Å². The Balaban J connectivity index is 2.16. The molecule has 138 valence electrons. The van der Waals surface area contributed by atoms with Crippen LogP contribution in [0, 0.1) is 6.92 Å². The Morgan fingerprint density at radius 3 is 2.27 bits per heavy atom. The Morgan fingerprint density at radius 2 is 1.73 bits per heavy atom. The summed E-state index contributed by atoms with van der Waals surface area (Å²) in [6.45, 7) is 2.67. The normalized spacial score (nSPS) is 11.2. The molecule has 2 aromatic carbocycles. The van der Waals surface area contributed by atoms with Crippen LogP contribution in [0.15, 0.2) is 42.5 Å². The van der Waals surface area contributed by atoms with E-state index in [9.17, 15) is 22.8 Å². The van der Waals surface area contributed by atoms with Gasteiger partial charge in [-0.25, -0.2) is 0 Å². The highest BCUT2D eigenvalue weighted by atomic mass is 35.5. The van der Waals surface area contributed by atoms with Crippen molar-refractivity contribution in [2.75, 3.05) is 16.8 Å². The minimum absolute atomic E-state index is 0.198.